The first-order chi connectivity index (χ1) is 8.59. The highest BCUT2D eigenvalue weighted by atomic mass is 16.2. The van der Waals surface area contributed by atoms with E-state index >= 15 is 0 Å². The van der Waals surface area contributed by atoms with Crippen molar-refractivity contribution in [3.8, 4) is 0 Å². The summed E-state index contributed by atoms with van der Waals surface area (Å²) in [7, 11) is 0. The fourth-order valence-electron chi connectivity index (χ4n) is 1.72. The van der Waals surface area contributed by atoms with Crippen molar-refractivity contribution in [3.05, 3.63) is 53.6 Å². The van der Waals surface area contributed by atoms with Gasteiger partial charge in [-0.25, -0.2) is 4.98 Å². The van der Waals surface area contributed by atoms with Crippen LogP contribution in [0, 0.1) is 0 Å². The Morgan fingerprint density at radius 1 is 1.11 bits per heavy atom. The van der Waals surface area contributed by atoms with Crippen LogP contribution in [-0.4, -0.2) is 21.4 Å². The lowest BCUT2D eigenvalue weighted by atomic mass is 10.2. The summed E-state index contributed by atoms with van der Waals surface area (Å²) in [4.78, 5) is 26.3. The van der Waals surface area contributed by atoms with Crippen LogP contribution in [0.25, 0.3) is 0 Å². The minimum Gasteiger partial charge on any atom is -0.364 e. The number of carbonyl (C=O) groups excluding carboxylic acids is 2. The molecule has 0 aliphatic heterocycles. The van der Waals surface area contributed by atoms with Gasteiger partial charge >= 0.3 is 0 Å². The molecule has 2 rings (SSSR count). The molecule has 1 heterocycles. The number of primary amides is 2. The normalized spacial score (nSPS) is 10.2. The van der Waals surface area contributed by atoms with Gasteiger partial charge < -0.3 is 16.0 Å². The van der Waals surface area contributed by atoms with E-state index < -0.39 is 11.8 Å². The minimum atomic E-state index is -0.768. The molecule has 0 spiro atoms. The van der Waals surface area contributed by atoms with Gasteiger partial charge in [0.2, 0.25) is 0 Å². The summed E-state index contributed by atoms with van der Waals surface area (Å²) in [5.74, 6) is -1.49. The van der Waals surface area contributed by atoms with E-state index in [0.29, 0.717) is 6.54 Å². The van der Waals surface area contributed by atoms with Gasteiger partial charge in [0.15, 0.2) is 5.69 Å². The molecule has 1 aromatic heterocycles. The molecule has 0 atom stereocenters. The summed E-state index contributed by atoms with van der Waals surface area (Å²) < 4.78 is 1.51. The van der Waals surface area contributed by atoms with Gasteiger partial charge in [-0.3, -0.25) is 9.59 Å². The standard InChI is InChI=1S/C12H12N4O2/c13-11(17)9-10(12(14)18)16(7-15-9)6-8-4-2-1-3-5-8/h1-5,7H,6H2,(H2,13,17)(H2,14,18). The van der Waals surface area contributed by atoms with Gasteiger partial charge in [0.05, 0.1) is 6.33 Å². The number of amides is 2. The van der Waals surface area contributed by atoms with Crippen LogP contribution in [0.4, 0.5) is 0 Å². The van der Waals surface area contributed by atoms with Crippen molar-refractivity contribution in [1.29, 1.82) is 0 Å². The molecule has 4 N–H and O–H groups in total. The van der Waals surface area contributed by atoms with Gasteiger partial charge in [0.1, 0.15) is 5.69 Å². The highest BCUT2D eigenvalue weighted by Crippen LogP contribution is 2.10. The third-order valence-corrected chi connectivity index (χ3v) is 2.50. The van der Waals surface area contributed by atoms with E-state index in [-0.39, 0.29) is 11.4 Å². The maximum Gasteiger partial charge on any atom is 0.269 e. The molecule has 0 bridgehead atoms. The Morgan fingerprint density at radius 2 is 1.78 bits per heavy atom. The SMILES string of the molecule is NC(=O)c1ncn(Cc2ccccc2)c1C(N)=O. The average Bonchev–Trinajstić information content (AvgIpc) is 2.74. The highest BCUT2D eigenvalue weighted by Gasteiger charge is 2.19. The van der Waals surface area contributed by atoms with Crippen LogP contribution in [0.15, 0.2) is 36.7 Å². The molecule has 92 valence electrons. The first kappa shape index (κ1) is 11.8. The number of benzene rings is 1. The fraction of sp³-hybridized carbons (Fsp3) is 0.0833. The molecule has 0 saturated carbocycles. The molecular weight excluding hydrogens is 232 g/mol. The number of rotatable bonds is 4. The van der Waals surface area contributed by atoms with Crippen LogP contribution < -0.4 is 11.5 Å². The lowest BCUT2D eigenvalue weighted by molar-refractivity contribution is 0.0959. The first-order valence-electron chi connectivity index (χ1n) is 5.28. The molecule has 2 amide bonds. The second-order valence-corrected chi connectivity index (χ2v) is 3.78. The van der Waals surface area contributed by atoms with Crippen LogP contribution in [-0.2, 0) is 6.54 Å². The van der Waals surface area contributed by atoms with Crippen molar-refractivity contribution < 1.29 is 9.59 Å². The van der Waals surface area contributed by atoms with E-state index in [0.717, 1.165) is 5.56 Å². The van der Waals surface area contributed by atoms with Crippen LogP contribution in [0.5, 0.6) is 0 Å². The number of aromatic nitrogens is 2. The van der Waals surface area contributed by atoms with E-state index in [1.165, 1.54) is 10.9 Å². The van der Waals surface area contributed by atoms with Crippen molar-refractivity contribution in [2.45, 2.75) is 6.54 Å². The summed E-state index contributed by atoms with van der Waals surface area (Å²) in [6.07, 6.45) is 1.38. The van der Waals surface area contributed by atoms with Crippen LogP contribution in [0.3, 0.4) is 0 Å². The molecule has 6 heteroatoms. The molecule has 0 fully saturated rings. The minimum absolute atomic E-state index is 0.0337. The van der Waals surface area contributed by atoms with Crippen LogP contribution in [0.1, 0.15) is 26.5 Å². The smallest absolute Gasteiger partial charge is 0.269 e. The Labute approximate surface area is 103 Å². The second-order valence-electron chi connectivity index (χ2n) is 3.78. The van der Waals surface area contributed by atoms with Crippen molar-refractivity contribution in [1.82, 2.24) is 9.55 Å². The number of hydrogen-bond donors (Lipinski definition) is 2. The van der Waals surface area contributed by atoms with Crippen LogP contribution >= 0.6 is 0 Å². The lowest BCUT2D eigenvalue weighted by Gasteiger charge is -2.06. The zero-order valence-corrected chi connectivity index (χ0v) is 9.54. The first-order valence-corrected chi connectivity index (χ1v) is 5.28. The molecule has 0 saturated heterocycles. The van der Waals surface area contributed by atoms with Crippen molar-refractivity contribution in [2.75, 3.05) is 0 Å². The molecule has 18 heavy (non-hydrogen) atoms. The molecule has 0 aliphatic rings. The Bertz CT molecular complexity index is 589. The third kappa shape index (κ3) is 2.22. The number of imidazole rings is 1. The summed E-state index contributed by atoms with van der Waals surface area (Å²) in [6, 6.07) is 9.45. The monoisotopic (exact) mass is 244 g/mol. The summed E-state index contributed by atoms with van der Waals surface area (Å²) >= 11 is 0. The van der Waals surface area contributed by atoms with E-state index in [9.17, 15) is 9.59 Å². The van der Waals surface area contributed by atoms with Gasteiger partial charge in [-0.1, -0.05) is 30.3 Å². The Kier molecular flexibility index (Phi) is 3.09. The van der Waals surface area contributed by atoms with E-state index in [1.807, 2.05) is 30.3 Å². The Hall–Kier alpha value is -2.63. The molecule has 6 nitrogen and oxygen atoms in total. The van der Waals surface area contributed by atoms with Gasteiger partial charge in [-0.15, -0.1) is 0 Å². The van der Waals surface area contributed by atoms with Gasteiger partial charge in [0.25, 0.3) is 11.8 Å². The molecule has 0 aliphatic carbocycles. The lowest BCUT2D eigenvalue weighted by Crippen LogP contribution is -2.23. The van der Waals surface area contributed by atoms with Gasteiger partial charge in [-0.05, 0) is 5.56 Å². The van der Waals surface area contributed by atoms with E-state index in [4.69, 9.17) is 11.5 Å². The zero-order chi connectivity index (χ0) is 13.1. The summed E-state index contributed by atoms with van der Waals surface area (Å²) in [6.45, 7) is 0.402. The maximum absolute atomic E-state index is 11.4. The van der Waals surface area contributed by atoms with E-state index in [1.54, 1.807) is 0 Å². The molecule has 1 aromatic carbocycles. The number of nitrogens with two attached hydrogens (primary N) is 2. The predicted molar refractivity (Wildman–Crippen MR) is 64.8 cm³/mol. The highest BCUT2D eigenvalue weighted by molar-refractivity contribution is 6.03. The topological polar surface area (TPSA) is 104 Å². The third-order valence-electron chi connectivity index (χ3n) is 2.50. The quantitative estimate of drug-likeness (QED) is 0.798. The number of carbonyl (C=O) groups is 2. The maximum atomic E-state index is 11.4. The fourth-order valence-corrected chi connectivity index (χ4v) is 1.72. The zero-order valence-electron chi connectivity index (χ0n) is 9.54. The molecule has 0 unspecified atom stereocenters. The van der Waals surface area contributed by atoms with E-state index in [2.05, 4.69) is 4.98 Å². The molecule has 0 radical (unpaired) electrons. The number of hydrogen-bond acceptors (Lipinski definition) is 3. The van der Waals surface area contributed by atoms with Crippen molar-refractivity contribution in [3.63, 3.8) is 0 Å². The number of nitrogens with zero attached hydrogens (tertiary/aromatic N) is 2. The summed E-state index contributed by atoms with van der Waals surface area (Å²) in [5.41, 5.74) is 11.3. The second kappa shape index (κ2) is 4.70. The summed E-state index contributed by atoms with van der Waals surface area (Å²) in [5, 5.41) is 0. The Balaban J connectivity index is 2.40. The Morgan fingerprint density at radius 3 is 2.33 bits per heavy atom. The van der Waals surface area contributed by atoms with Crippen LogP contribution in [0.2, 0.25) is 0 Å². The van der Waals surface area contributed by atoms with Crippen molar-refractivity contribution in [2.24, 2.45) is 11.5 Å². The molecular formula is C12H12N4O2. The van der Waals surface area contributed by atoms with Gasteiger partial charge in [-0.2, -0.15) is 0 Å². The largest absolute Gasteiger partial charge is 0.364 e. The predicted octanol–water partition coefficient (Wildman–Crippen LogP) is 0.129. The van der Waals surface area contributed by atoms with Crippen molar-refractivity contribution >= 4 is 11.8 Å². The average molecular weight is 244 g/mol. The molecule has 2 aromatic rings. The van der Waals surface area contributed by atoms with Gasteiger partial charge in [0, 0.05) is 6.54 Å².